The fraction of sp³-hybridized carbons (Fsp3) is 0.154. The SMILES string of the molecule is C#Cc1c(F)ncc2cc(N)cc(CC)c12. The van der Waals surface area contributed by atoms with E-state index in [-0.39, 0.29) is 5.56 Å². The minimum absolute atomic E-state index is 0.217. The molecule has 0 atom stereocenters. The minimum atomic E-state index is -0.602. The van der Waals surface area contributed by atoms with Crippen molar-refractivity contribution in [1.82, 2.24) is 4.98 Å². The highest BCUT2D eigenvalue weighted by molar-refractivity contribution is 5.92. The molecule has 0 saturated heterocycles. The zero-order valence-corrected chi connectivity index (χ0v) is 8.92. The summed E-state index contributed by atoms with van der Waals surface area (Å²) in [5, 5.41) is 1.53. The van der Waals surface area contributed by atoms with Gasteiger partial charge in [-0.3, -0.25) is 0 Å². The van der Waals surface area contributed by atoms with Gasteiger partial charge in [-0.1, -0.05) is 12.8 Å². The van der Waals surface area contributed by atoms with Gasteiger partial charge in [0.2, 0.25) is 5.95 Å². The highest BCUT2D eigenvalue weighted by Gasteiger charge is 2.10. The van der Waals surface area contributed by atoms with Crippen molar-refractivity contribution in [3.8, 4) is 12.3 Å². The lowest BCUT2D eigenvalue weighted by Crippen LogP contribution is -1.97. The molecule has 1 aromatic heterocycles. The first-order chi connectivity index (χ1) is 7.67. The van der Waals surface area contributed by atoms with E-state index in [4.69, 9.17) is 12.2 Å². The highest BCUT2D eigenvalue weighted by Crippen LogP contribution is 2.26. The Morgan fingerprint density at radius 2 is 2.25 bits per heavy atom. The lowest BCUT2D eigenvalue weighted by atomic mass is 9.99. The number of hydrogen-bond acceptors (Lipinski definition) is 2. The number of nitrogens with two attached hydrogens (primary N) is 1. The molecule has 0 aliphatic carbocycles. The Labute approximate surface area is 93.3 Å². The molecule has 1 aromatic carbocycles. The van der Waals surface area contributed by atoms with Crippen molar-refractivity contribution in [2.24, 2.45) is 0 Å². The molecule has 0 bridgehead atoms. The zero-order chi connectivity index (χ0) is 11.7. The molecule has 2 N–H and O–H groups in total. The molecule has 0 fully saturated rings. The summed E-state index contributed by atoms with van der Waals surface area (Å²) in [6.07, 6.45) is 7.53. The van der Waals surface area contributed by atoms with E-state index >= 15 is 0 Å². The number of hydrogen-bond donors (Lipinski definition) is 1. The Morgan fingerprint density at radius 3 is 2.88 bits per heavy atom. The maximum absolute atomic E-state index is 13.5. The van der Waals surface area contributed by atoms with Gasteiger partial charge in [0.25, 0.3) is 0 Å². The summed E-state index contributed by atoms with van der Waals surface area (Å²) in [5.74, 6) is 1.75. The molecule has 0 aliphatic rings. The van der Waals surface area contributed by atoms with Crippen LogP contribution in [0.2, 0.25) is 0 Å². The predicted molar refractivity (Wildman–Crippen MR) is 63.4 cm³/mol. The van der Waals surface area contributed by atoms with E-state index < -0.39 is 5.95 Å². The third-order valence-corrected chi connectivity index (χ3v) is 2.57. The van der Waals surface area contributed by atoms with Gasteiger partial charge in [0, 0.05) is 22.7 Å². The first-order valence-corrected chi connectivity index (χ1v) is 5.00. The lowest BCUT2D eigenvalue weighted by molar-refractivity contribution is 0.583. The smallest absolute Gasteiger partial charge is 0.229 e. The number of pyridine rings is 1. The maximum Gasteiger partial charge on any atom is 0.229 e. The molecule has 0 saturated carbocycles. The second-order valence-electron chi connectivity index (χ2n) is 3.57. The third-order valence-electron chi connectivity index (χ3n) is 2.57. The van der Waals surface area contributed by atoms with E-state index in [1.807, 2.05) is 13.0 Å². The Bertz CT molecular complexity index is 597. The molecule has 16 heavy (non-hydrogen) atoms. The van der Waals surface area contributed by atoms with E-state index in [1.54, 1.807) is 6.07 Å². The number of aryl methyl sites for hydroxylation is 1. The van der Waals surface area contributed by atoms with Crippen molar-refractivity contribution in [1.29, 1.82) is 0 Å². The van der Waals surface area contributed by atoms with Crippen LogP contribution >= 0.6 is 0 Å². The second-order valence-corrected chi connectivity index (χ2v) is 3.57. The van der Waals surface area contributed by atoms with Crippen molar-refractivity contribution in [3.63, 3.8) is 0 Å². The van der Waals surface area contributed by atoms with Crippen LogP contribution in [0, 0.1) is 18.3 Å². The van der Waals surface area contributed by atoms with E-state index in [2.05, 4.69) is 10.9 Å². The number of nitrogen functional groups attached to an aromatic ring is 1. The van der Waals surface area contributed by atoms with Crippen molar-refractivity contribution in [2.75, 3.05) is 5.73 Å². The van der Waals surface area contributed by atoms with E-state index in [0.717, 1.165) is 22.8 Å². The summed E-state index contributed by atoms with van der Waals surface area (Å²) in [5.41, 5.74) is 7.56. The van der Waals surface area contributed by atoms with Crippen LogP contribution in [0.15, 0.2) is 18.3 Å². The van der Waals surface area contributed by atoms with Gasteiger partial charge < -0.3 is 5.73 Å². The molecule has 0 aliphatic heterocycles. The van der Waals surface area contributed by atoms with Gasteiger partial charge in [-0.2, -0.15) is 4.39 Å². The number of halogens is 1. The van der Waals surface area contributed by atoms with Crippen LogP contribution in [-0.4, -0.2) is 4.98 Å². The normalized spacial score (nSPS) is 10.3. The number of nitrogens with zero attached hydrogens (tertiary/aromatic N) is 1. The third kappa shape index (κ3) is 1.49. The molecular formula is C13H11FN2. The Balaban J connectivity index is 2.97. The molecular weight excluding hydrogens is 203 g/mol. The summed E-state index contributed by atoms with van der Waals surface area (Å²) in [6, 6.07) is 3.57. The van der Waals surface area contributed by atoms with Crippen LogP contribution < -0.4 is 5.73 Å². The second kappa shape index (κ2) is 3.82. The topological polar surface area (TPSA) is 38.9 Å². The average molecular weight is 214 g/mol. The Kier molecular flexibility index (Phi) is 2.49. The average Bonchev–Trinajstić information content (AvgIpc) is 2.28. The van der Waals surface area contributed by atoms with Crippen LogP contribution in [0.25, 0.3) is 10.8 Å². The molecule has 0 spiro atoms. The fourth-order valence-corrected chi connectivity index (χ4v) is 1.86. The number of aromatic nitrogens is 1. The Hall–Kier alpha value is -2.08. The summed E-state index contributed by atoms with van der Waals surface area (Å²) in [4.78, 5) is 3.63. The van der Waals surface area contributed by atoms with E-state index in [1.165, 1.54) is 6.20 Å². The summed E-state index contributed by atoms with van der Waals surface area (Å²) >= 11 is 0. The van der Waals surface area contributed by atoms with Crippen molar-refractivity contribution >= 4 is 16.5 Å². The quantitative estimate of drug-likeness (QED) is 0.450. The van der Waals surface area contributed by atoms with Crippen LogP contribution in [-0.2, 0) is 6.42 Å². The highest BCUT2D eigenvalue weighted by atomic mass is 19.1. The number of terminal acetylenes is 1. The first-order valence-electron chi connectivity index (χ1n) is 5.00. The van der Waals surface area contributed by atoms with Gasteiger partial charge in [0.1, 0.15) is 0 Å². The summed E-state index contributed by atoms with van der Waals surface area (Å²) in [6.45, 7) is 1.98. The lowest BCUT2D eigenvalue weighted by Gasteiger charge is -2.08. The molecule has 2 rings (SSSR count). The van der Waals surface area contributed by atoms with Crippen molar-refractivity contribution < 1.29 is 4.39 Å². The van der Waals surface area contributed by atoms with Crippen molar-refractivity contribution in [3.05, 3.63) is 35.4 Å². The first kappa shape index (κ1) is 10.4. The van der Waals surface area contributed by atoms with Gasteiger partial charge in [-0.25, -0.2) is 4.98 Å². The van der Waals surface area contributed by atoms with Gasteiger partial charge in [0.15, 0.2) is 0 Å². The molecule has 3 heteroatoms. The molecule has 0 radical (unpaired) electrons. The minimum Gasteiger partial charge on any atom is -0.399 e. The molecule has 80 valence electrons. The number of anilines is 1. The van der Waals surface area contributed by atoms with Gasteiger partial charge >= 0.3 is 0 Å². The monoisotopic (exact) mass is 214 g/mol. The predicted octanol–water partition coefficient (Wildman–Crippen LogP) is 2.50. The van der Waals surface area contributed by atoms with Crippen molar-refractivity contribution in [2.45, 2.75) is 13.3 Å². The van der Waals surface area contributed by atoms with Gasteiger partial charge in [0.05, 0.1) is 5.56 Å². The van der Waals surface area contributed by atoms with Gasteiger partial charge in [-0.05, 0) is 24.1 Å². The fourth-order valence-electron chi connectivity index (χ4n) is 1.86. The number of fused-ring (bicyclic) bond motifs is 1. The summed E-state index contributed by atoms with van der Waals surface area (Å²) in [7, 11) is 0. The Morgan fingerprint density at radius 1 is 1.50 bits per heavy atom. The van der Waals surface area contributed by atoms with Crippen LogP contribution in [0.4, 0.5) is 10.1 Å². The molecule has 2 nitrogen and oxygen atoms in total. The van der Waals surface area contributed by atoms with Crippen LogP contribution in [0.5, 0.6) is 0 Å². The van der Waals surface area contributed by atoms with E-state index in [9.17, 15) is 4.39 Å². The zero-order valence-electron chi connectivity index (χ0n) is 8.92. The summed E-state index contributed by atoms with van der Waals surface area (Å²) < 4.78 is 13.5. The standard InChI is InChI=1S/C13H11FN2/c1-3-8-5-10(15)6-9-7-16-13(14)11(4-2)12(8)9/h2,5-7H,3,15H2,1H3. The molecule has 0 unspecified atom stereocenters. The number of rotatable bonds is 1. The van der Waals surface area contributed by atoms with E-state index in [0.29, 0.717) is 5.69 Å². The molecule has 1 heterocycles. The van der Waals surface area contributed by atoms with Crippen LogP contribution in [0.3, 0.4) is 0 Å². The largest absolute Gasteiger partial charge is 0.399 e. The molecule has 2 aromatic rings. The molecule has 0 amide bonds. The van der Waals surface area contributed by atoms with Crippen LogP contribution in [0.1, 0.15) is 18.1 Å². The number of benzene rings is 1. The van der Waals surface area contributed by atoms with Gasteiger partial charge in [-0.15, -0.1) is 6.42 Å². The maximum atomic E-state index is 13.5.